The van der Waals surface area contributed by atoms with Crippen LogP contribution < -0.4 is 10.1 Å². The van der Waals surface area contributed by atoms with Crippen LogP contribution in [-0.2, 0) is 0 Å². The van der Waals surface area contributed by atoms with Crippen molar-refractivity contribution in [3.8, 4) is 5.75 Å². The molecule has 2 N–H and O–H groups in total. The van der Waals surface area contributed by atoms with Crippen LogP contribution in [0.25, 0.3) is 0 Å². The molecule has 0 saturated carbocycles. The first kappa shape index (κ1) is 12.8. The summed E-state index contributed by atoms with van der Waals surface area (Å²) in [6.45, 7) is 4.12. The molecule has 16 heavy (non-hydrogen) atoms. The first-order valence-electron chi connectivity index (χ1n) is 5.22. The molecule has 0 aliphatic heterocycles. The zero-order valence-corrected chi connectivity index (χ0v) is 9.88. The molecule has 0 unspecified atom stereocenters. The third kappa shape index (κ3) is 4.06. The topological polar surface area (TPSA) is 41.5 Å². The Balaban J connectivity index is 2.55. The number of halogens is 1. The third-order valence-corrected chi connectivity index (χ3v) is 2.22. The van der Waals surface area contributed by atoms with E-state index < -0.39 is 5.60 Å². The summed E-state index contributed by atoms with van der Waals surface area (Å²) in [6.07, 6.45) is 0.618. The number of ether oxygens (including phenoxy) is 1. The fraction of sp³-hybridized carbons (Fsp3) is 0.500. The van der Waals surface area contributed by atoms with E-state index in [2.05, 4.69) is 5.32 Å². The lowest BCUT2D eigenvalue weighted by atomic mass is 10.1. The van der Waals surface area contributed by atoms with E-state index in [0.29, 0.717) is 13.0 Å². The van der Waals surface area contributed by atoms with Gasteiger partial charge < -0.3 is 15.2 Å². The maximum absolute atomic E-state index is 13.1. The molecule has 90 valence electrons. The molecule has 0 saturated heterocycles. The second-order valence-electron chi connectivity index (χ2n) is 4.34. The molecule has 4 heteroatoms. The second-order valence-corrected chi connectivity index (χ2v) is 4.34. The van der Waals surface area contributed by atoms with Crippen LogP contribution in [0.1, 0.15) is 20.3 Å². The van der Waals surface area contributed by atoms with Gasteiger partial charge in [-0.2, -0.15) is 0 Å². The minimum absolute atomic E-state index is 0.216. The minimum Gasteiger partial charge on any atom is -0.494 e. The van der Waals surface area contributed by atoms with Gasteiger partial charge in [-0.1, -0.05) is 0 Å². The monoisotopic (exact) mass is 227 g/mol. The van der Waals surface area contributed by atoms with Gasteiger partial charge in [-0.25, -0.2) is 4.39 Å². The Bertz CT molecular complexity index is 347. The Morgan fingerprint density at radius 2 is 2.12 bits per heavy atom. The molecule has 0 aliphatic carbocycles. The molecule has 1 rings (SSSR count). The average Bonchev–Trinajstić information content (AvgIpc) is 2.18. The van der Waals surface area contributed by atoms with Crippen LogP contribution in [0.5, 0.6) is 5.75 Å². The summed E-state index contributed by atoms with van der Waals surface area (Å²) in [5.41, 5.74) is 0.0828. The van der Waals surface area contributed by atoms with Crippen molar-refractivity contribution < 1.29 is 14.2 Å². The lowest BCUT2D eigenvalue weighted by Gasteiger charge is -2.17. The number of anilines is 1. The summed E-state index contributed by atoms with van der Waals surface area (Å²) >= 11 is 0. The van der Waals surface area contributed by atoms with Gasteiger partial charge in [0.05, 0.1) is 12.7 Å². The van der Waals surface area contributed by atoms with Crippen molar-refractivity contribution in [3.63, 3.8) is 0 Å². The molecule has 0 radical (unpaired) electrons. The van der Waals surface area contributed by atoms with Gasteiger partial charge in [0.1, 0.15) is 0 Å². The summed E-state index contributed by atoms with van der Waals surface area (Å²) in [4.78, 5) is 0. The van der Waals surface area contributed by atoms with Crippen LogP contribution >= 0.6 is 0 Å². The highest BCUT2D eigenvalue weighted by Crippen LogP contribution is 2.21. The van der Waals surface area contributed by atoms with Gasteiger partial charge in [0.2, 0.25) is 0 Å². The van der Waals surface area contributed by atoms with Gasteiger partial charge in [-0.05, 0) is 32.4 Å². The number of benzene rings is 1. The predicted octanol–water partition coefficient (Wildman–Crippen LogP) is 2.41. The van der Waals surface area contributed by atoms with Crippen molar-refractivity contribution in [1.82, 2.24) is 0 Å². The summed E-state index contributed by atoms with van der Waals surface area (Å²) < 4.78 is 18.0. The maximum atomic E-state index is 13.1. The molecule has 1 aromatic carbocycles. The van der Waals surface area contributed by atoms with E-state index in [1.807, 2.05) is 0 Å². The zero-order valence-electron chi connectivity index (χ0n) is 9.88. The standard InChI is InChI=1S/C12H18FNO2/c1-12(2,15)6-7-14-9-4-5-10(13)11(8-9)16-3/h4-5,8,14-15H,6-7H2,1-3H3. The van der Waals surface area contributed by atoms with E-state index in [1.54, 1.807) is 26.0 Å². The number of hydrogen-bond acceptors (Lipinski definition) is 3. The van der Waals surface area contributed by atoms with Crippen molar-refractivity contribution >= 4 is 5.69 Å². The Morgan fingerprint density at radius 3 is 2.69 bits per heavy atom. The summed E-state index contributed by atoms with van der Waals surface area (Å²) in [7, 11) is 1.43. The lowest BCUT2D eigenvalue weighted by Crippen LogP contribution is -2.22. The quantitative estimate of drug-likeness (QED) is 0.811. The molecule has 0 heterocycles. The van der Waals surface area contributed by atoms with Crippen LogP contribution in [-0.4, -0.2) is 24.4 Å². The van der Waals surface area contributed by atoms with E-state index in [-0.39, 0.29) is 11.6 Å². The molecule has 0 amide bonds. The van der Waals surface area contributed by atoms with Crippen LogP contribution in [0.4, 0.5) is 10.1 Å². The van der Waals surface area contributed by atoms with E-state index >= 15 is 0 Å². The largest absolute Gasteiger partial charge is 0.494 e. The summed E-state index contributed by atoms with van der Waals surface area (Å²) in [6, 6.07) is 4.59. The molecule has 0 fully saturated rings. The highest BCUT2D eigenvalue weighted by atomic mass is 19.1. The molecule has 0 spiro atoms. The predicted molar refractivity (Wildman–Crippen MR) is 62.4 cm³/mol. The van der Waals surface area contributed by atoms with Crippen LogP contribution in [0.2, 0.25) is 0 Å². The Kier molecular flexibility index (Phi) is 4.12. The highest BCUT2D eigenvalue weighted by Gasteiger charge is 2.11. The van der Waals surface area contributed by atoms with Crippen molar-refractivity contribution in [3.05, 3.63) is 24.0 Å². The van der Waals surface area contributed by atoms with Gasteiger partial charge in [0.25, 0.3) is 0 Å². The normalized spacial score (nSPS) is 11.3. The fourth-order valence-corrected chi connectivity index (χ4v) is 1.28. The highest BCUT2D eigenvalue weighted by molar-refractivity contribution is 5.48. The van der Waals surface area contributed by atoms with Gasteiger partial charge in [0.15, 0.2) is 11.6 Å². The molecule has 3 nitrogen and oxygen atoms in total. The lowest BCUT2D eigenvalue weighted by molar-refractivity contribution is 0.0749. The molecule has 1 aromatic rings. The van der Waals surface area contributed by atoms with E-state index in [9.17, 15) is 9.50 Å². The molecule has 0 bridgehead atoms. The first-order chi connectivity index (χ1) is 7.42. The molecule has 0 aliphatic rings. The van der Waals surface area contributed by atoms with Crippen LogP contribution in [0.3, 0.4) is 0 Å². The SMILES string of the molecule is COc1cc(NCCC(C)(C)O)ccc1F. The van der Waals surface area contributed by atoms with Crippen molar-refractivity contribution in [2.75, 3.05) is 19.0 Å². The smallest absolute Gasteiger partial charge is 0.165 e. The fourth-order valence-electron chi connectivity index (χ4n) is 1.28. The van der Waals surface area contributed by atoms with Crippen molar-refractivity contribution in [1.29, 1.82) is 0 Å². The van der Waals surface area contributed by atoms with Crippen molar-refractivity contribution in [2.45, 2.75) is 25.9 Å². The van der Waals surface area contributed by atoms with E-state index in [0.717, 1.165) is 5.69 Å². The Hall–Kier alpha value is -1.29. The first-order valence-corrected chi connectivity index (χ1v) is 5.22. The number of rotatable bonds is 5. The second kappa shape index (κ2) is 5.16. The zero-order chi connectivity index (χ0) is 12.2. The van der Waals surface area contributed by atoms with E-state index in [1.165, 1.54) is 13.2 Å². The third-order valence-electron chi connectivity index (χ3n) is 2.22. The Morgan fingerprint density at radius 1 is 1.44 bits per heavy atom. The van der Waals surface area contributed by atoms with E-state index in [4.69, 9.17) is 4.74 Å². The number of aliphatic hydroxyl groups is 1. The minimum atomic E-state index is -0.697. The van der Waals surface area contributed by atoms with Gasteiger partial charge in [0, 0.05) is 18.3 Å². The van der Waals surface area contributed by atoms with Gasteiger partial charge in [-0.15, -0.1) is 0 Å². The number of nitrogens with one attached hydrogen (secondary N) is 1. The van der Waals surface area contributed by atoms with Gasteiger partial charge >= 0.3 is 0 Å². The van der Waals surface area contributed by atoms with Crippen molar-refractivity contribution in [2.24, 2.45) is 0 Å². The molecular formula is C12H18FNO2. The van der Waals surface area contributed by atoms with Crippen LogP contribution in [0, 0.1) is 5.82 Å². The summed E-state index contributed by atoms with van der Waals surface area (Å²) in [5.74, 6) is -0.163. The molecular weight excluding hydrogens is 209 g/mol. The van der Waals surface area contributed by atoms with Crippen LogP contribution in [0.15, 0.2) is 18.2 Å². The number of methoxy groups -OCH3 is 1. The number of hydrogen-bond donors (Lipinski definition) is 2. The summed E-state index contributed by atoms with van der Waals surface area (Å²) in [5, 5.41) is 12.6. The maximum Gasteiger partial charge on any atom is 0.165 e. The molecule has 0 atom stereocenters. The van der Waals surface area contributed by atoms with Gasteiger partial charge in [-0.3, -0.25) is 0 Å². The molecule has 0 aromatic heterocycles. The Labute approximate surface area is 95.2 Å². The average molecular weight is 227 g/mol.